The first-order valence-electron chi connectivity index (χ1n) is 7.41. The van der Waals surface area contributed by atoms with Crippen LogP contribution in [0.25, 0.3) is 0 Å². The molecule has 23 heavy (non-hydrogen) atoms. The van der Waals surface area contributed by atoms with Crippen LogP contribution in [0.1, 0.15) is 36.0 Å². The smallest absolute Gasteiger partial charge is 0.250 e. The summed E-state index contributed by atoms with van der Waals surface area (Å²) in [5.41, 5.74) is 6.55. The molecule has 2 N–H and O–H groups in total. The largest absolute Gasteiger partial charge is 0.380 e. The minimum atomic E-state index is -3.68. The molecular formula is C14H19N5O3S. The fourth-order valence-electron chi connectivity index (χ4n) is 2.84. The molecule has 2 aromatic heterocycles. The lowest BCUT2D eigenvalue weighted by molar-refractivity contribution is 0.312. The topological polar surface area (TPSA) is 115 Å². The van der Waals surface area contributed by atoms with E-state index in [-0.39, 0.29) is 22.4 Å². The molecule has 1 aliphatic heterocycles. The van der Waals surface area contributed by atoms with E-state index in [0.29, 0.717) is 25.9 Å². The molecule has 0 atom stereocenters. The summed E-state index contributed by atoms with van der Waals surface area (Å²) in [6.45, 7) is 4.26. The molecule has 0 radical (unpaired) electrons. The van der Waals surface area contributed by atoms with Crippen LogP contribution < -0.4 is 5.73 Å². The SMILES string of the molecule is Cc1ccnc(C2CCN(S(=O)(=O)c3c(N)noc3C)CC2)n1. The van der Waals surface area contributed by atoms with Crippen LogP contribution in [0, 0.1) is 13.8 Å². The molecule has 0 aromatic carbocycles. The molecule has 1 fully saturated rings. The van der Waals surface area contributed by atoms with E-state index in [9.17, 15) is 8.42 Å². The number of hydrogen-bond acceptors (Lipinski definition) is 7. The molecule has 124 valence electrons. The van der Waals surface area contributed by atoms with Crippen LogP contribution in [0.5, 0.6) is 0 Å². The third-order valence-electron chi connectivity index (χ3n) is 4.06. The van der Waals surface area contributed by atoms with Gasteiger partial charge in [0.1, 0.15) is 5.82 Å². The lowest BCUT2D eigenvalue weighted by Crippen LogP contribution is -2.38. The first kappa shape index (κ1) is 15.9. The van der Waals surface area contributed by atoms with E-state index in [1.165, 1.54) is 4.31 Å². The van der Waals surface area contributed by atoms with Crippen molar-refractivity contribution >= 4 is 15.8 Å². The Kier molecular flexibility index (Phi) is 4.07. The first-order chi connectivity index (χ1) is 10.9. The Balaban J connectivity index is 1.76. The Morgan fingerprint density at radius 1 is 1.30 bits per heavy atom. The summed E-state index contributed by atoms with van der Waals surface area (Å²) < 4.78 is 31.7. The molecule has 0 bridgehead atoms. The second kappa shape index (κ2) is 5.89. The second-order valence-corrected chi connectivity index (χ2v) is 7.56. The zero-order chi connectivity index (χ0) is 16.6. The van der Waals surface area contributed by atoms with Crippen LogP contribution in [-0.2, 0) is 10.0 Å². The fourth-order valence-corrected chi connectivity index (χ4v) is 4.49. The number of aromatic nitrogens is 3. The molecule has 1 saturated heterocycles. The number of nitrogens with two attached hydrogens (primary N) is 1. The third kappa shape index (κ3) is 2.93. The van der Waals surface area contributed by atoms with E-state index < -0.39 is 10.0 Å². The fraction of sp³-hybridized carbons (Fsp3) is 0.500. The number of rotatable bonds is 3. The van der Waals surface area contributed by atoms with Gasteiger partial charge >= 0.3 is 0 Å². The normalized spacial score (nSPS) is 17.5. The summed E-state index contributed by atoms with van der Waals surface area (Å²) in [6, 6.07) is 1.85. The number of anilines is 1. The molecule has 0 aliphatic carbocycles. The Hall–Kier alpha value is -2.00. The van der Waals surface area contributed by atoms with Crippen molar-refractivity contribution in [3.63, 3.8) is 0 Å². The first-order valence-corrected chi connectivity index (χ1v) is 8.85. The van der Waals surface area contributed by atoms with Gasteiger partial charge in [-0.15, -0.1) is 0 Å². The van der Waals surface area contributed by atoms with E-state index in [1.807, 2.05) is 13.0 Å². The van der Waals surface area contributed by atoms with Crippen LogP contribution in [0.3, 0.4) is 0 Å². The van der Waals surface area contributed by atoms with Crippen molar-refractivity contribution in [2.24, 2.45) is 0 Å². The minimum Gasteiger partial charge on any atom is -0.380 e. The van der Waals surface area contributed by atoms with E-state index in [0.717, 1.165) is 11.5 Å². The van der Waals surface area contributed by atoms with Gasteiger partial charge in [0.2, 0.25) is 10.0 Å². The minimum absolute atomic E-state index is 0.0252. The van der Waals surface area contributed by atoms with Crippen LogP contribution in [-0.4, -0.2) is 40.9 Å². The van der Waals surface area contributed by atoms with Crippen molar-refractivity contribution in [1.29, 1.82) is 0 Å². The maximum Gasteiger partial charge on any atom is 0.250 e. The number of sulfonamides is 1. The summed E-state index contributed by atoms with van der Waals surface area (Å²) in [7, 11) is -3.68. The van der Waals surface area contributed by atoms with Crippen molar-refractivity contribution in [3.8, 4) is 0 Å². The Morgan fingerprint density at radius 2 is 2.00 bits per heavy atom. The average Bonchev–Trinajstić information content (AvgIpc) is 2.87. The molecule has 1 aliphatic rings. The van der Waals surface area contributed by atoms with Gasteiger partial charge in [0, 0.05) is 30.9 Å². The molecule has 0 spiro atoms. The van der Waals surface area contributed by atoms with Gasteiger partial charge in [-0.1, -0.05) is 5.16 Å². The lowest BCUT2D eigenvalue weighted by Gasteiger charge is -2.30. The molecule has 3 heterocycles. The van der Waals surface area contributed by atoms with Crippen LogP contribution in [0.15, 0.2) is 21.7 Å². The summed E-state index contributed by atoms with van der Waals surface area (Å²) >= 11 is 0. The number of piperidine rings is 1. The van der Waals surface area contributed by atoms with Crippen molar-refractivity contribution in [2.75, 3.05) is 18.8 Å². The van der Waals surface area contributed by atoms with Crippen molar-refractivity contribution < 1.29 is 12.9 Å². The molecular weight excluding hydrogens is 318 g/mol. The highest BCUT2D eigenvalue weighted by molar-refractivity contribution is 7.89. The molecule has 8 nitrogen and oxygen atoms in total. The highest BCUT2D eigenvalue weighted by Gasteiger charge is 2.35. The summed E-state index contributed by atoms with van der Waals surface area (Å²) in [5, 5.41) is 3.53. The van der Waals surface area contributed by atoms with E-state index in [1.54, 1.807) is 13.1 Å². The lowest BCUT2D eigenvalue weighted by atomic mass is 9.97. The second-order valence-electron chi connectivity index (χ2n) is 5.69. The van der Waals surface area contributed by atoms with Gasteiger partial charge in [0.05, 0.1) is 0 Å². The van der Waals surface area contributed by atoms with Crippen molar-refractivity contribution in [1.82, 2.24) is 19.4 Å². The summed E-state index contributed by atoms with van der Waals surface area (Å²) in [5.74, 6) is 1.07. The number of hydrogen-bond donors (Lipinski definition) is 1. The Bertz CT molecular complexity index is 790. The average molecular weight is 337 g/mol. The van der Waals surface area contributed by atoms with Gasteiger partial charge in [-0.05, 0) is 32.8 Å². The number of aryl methyl sites for hydroxylation is 2. The molecule has 3 rings (SSSR count). The van der Waals surface area contributed by atoms with Crippen LogP contribution in [0.2, 0.25) is 0 Å². The molecule has 0 saturated carbocycles. The Morgan fingerprint density at radius 3 is 2.57 bits per heavy atom. The highest BCUT2D eigenvalue weighted by atomic mass is 32.2. The van der Waals surface area contributed by atoms with Gasteiger partial charge in [-0.3, -0.25) is 0 Å². The third-order valence-corrected chi connectivity index (χ3v) is 6.12. The van der Waals surface area contributed by atoms with Gasteiger partial charge in [0.15, 0.2) is 16.5 Å². The van der Waals surface area contributed by atoms with Gasteiger partial charge in [0.25, 0.3) is 0 Å². The molecule has 2 aromatic rings. The number of nitrogen functional groups attached to an aromatic ring is 1. The van der Waals surface area contributed by atoms with Crippen LogP contribution >= 0.6 is 0 Å². The molecule has 0 unspecified atom stereocenters. The van der Waals surface area contributed by atoms with E-state index >= 15 is 0 Å². The maximum absolute atomic E-state index is 12.7. The molecule has 0 amide bonds. The van der Waals surface area contributed by atoms with Gasteiger partial charge in [-0.2, -0.15) is 4.31 Å². The monoisotopic (exact) mass is 337 g/mol. The van der Waals surface area contributed by atoms with Crippen LogP contribution in [0.4, 0.5) is 5.82 Å². The van der Waals surface area contributed by atoms with Gasteiger partial charge < -0.3 is 10.3 Å². The zero-order valence-electron chi connectivity index (χ0n) is 13.1. The highest BCUT2D eigenvalue weighted by Crippen LogP contribution is 2.31. The predicted octanol–water partition coefficient (Wildman–Crippen LogP) is 1.23. The maximum atomic E-state index is 12.7. The molecule has 9 heteroatoms. The number of nitrogens with zero attached hydrogens (tertiary/aromatic N) is 4. The zero-order valence-corrected chi connectivity index (χ0v) is 13.9. The van der Waals surface area contributed by atoms with E-state index in [4.69, 9.17) is 10.3 Å². The summed E-state index contributed by atoms with van der Waals surface area (Å²) in [4.78, 5) is 8.72. The van der Waals surface area contributed by atoms with Crippen molar-refractivity contribution in [2.45, 2.75) is 37.5 Å². The quantitative estimate of drug-likeness (QED) is 0.895. The van der Waals surface area contributed by atoms with E-state index in [2.05, 4.69) is 15.1 Å². The predicted molar refractivity (Wildman–Crippen MR) is 83.2 cm³/mol. The van der Waals surface area contributed by atoms with Gasteiger partial charge in [-0.25, -0.2) is 18.4 Å². The standard InChI is InChI=1S/C14H19N5O3S/c1-9-3-6-16-14(17-9)11-4-7-19(8-5-11)23(20,21)12-10(2)22-18-13(12)15/h3,6,11H,4-5,7-8H2,1-2H3,(H2,15,18). The summed E-state index contributed by atoms with van der Waals surface area (Å²) in [6.07, 6.45) is 3.09. The van der Waals surface area contributed by atoms with Crippen molar-refractivity contribution in [3.05, 3.63) is 29.5 Å². The Labute approximate surface area is 134 Å².